The number of ketones is 1. The molecule has 28 heavy (non-hydrogen) atoms. The van der Waals surface area contributed by atoms with Crippen LogP contribution in [0.25, 0.3) is 0 Å². The van der Waals surface area contributed by atoms with Crippen LogP contribution in [0.3, 0.4) is 0 Å². The molecular weight excluding hydrogens is 364 g/mol. The van der Waals surface area contributed by atoms with E-state index in [1.165, 1.54) is 13.8 Å². The van der Waals surface area contributed by atoms with Crippen molar-refractivity contribution in [3.05, 3.63) is 55.6 Å². The molecule has 150 valence electrons. The van der Waals surface area contributed by atoms with Crippen LogP contribution in [0.1, 0.15) is 59.1 Å². The van der Waals surface area contributed by atoms with Crippen LogP contribution in [0.2, 0.25) is 0 Å². The minimum Gasteiger partial charge on any atom is -0.507 e. The van der Waals surface area contributed by atoms with Crippen molar-refractivity contribution in [2.45, 2.75) is 47.5 Å². The summed E-state index contributed by atoms with van der Waals surface area (Å²) in [6.45, 7) is 7.93. The normalized spacial score (nSPS) is 10.8. The number of benzene rings is 1. The molecule has 2 rings (SSSR count). The average Bonchev–Trinajstić information content (AvgIpc) is 2.58. The maximum Gasteiger partial charge on any atom is 0.343 e. The topological polar surface area (TPSA) is 128 Å². The van der Waals surface area contributed by atoms with Crippen molar-refractivity contribution < 1.29 is 29.6 Å². The predicted molar refractivity (Wildman–Crippen MR) is 103 cm³/mol. The lowest BCUT2D eigenvalue weighted by Crippen LogP contribution is -2.12. The van der Waals surface area contributed by atoms with Crippen molar-refractivity contribution in [3.8, 4) is 23.0 Å². The second-order valence-corrected chi connectivity index (χ2v) is 6.99. The van der Waals surface area contributed by atoms with Crippen LogP contribution >= 0.6 is 0 Å². The van der Waals surface area contributed by atoms with Crippen LogP contribution in [-0.4, -0.2) is 26.2 Å². The van der Waals surface area contributed by atoms with Gasteiger partial charge in [0, 0.05) is 23.1 Å². The molecule has 0 spiro atoms. The number of carbonyl (C=O) groups excluding carboxylic acids is 1. The molecule has 0 saturated carbocycles. The van der Waals surface area contributed by atoms with Crippen molar-refractivity contribution in [2.24, 2.45) is 0 Å². The second-order valence-electron chi connectivity index (χ2n) is 6.99. The number of hydrogen-bond donors (Lipinski definition) is 4. The Kier molecular flexibility index (Phi) is 5.87. The van der Waals surface area contributed by atoms with Gasteiger partial charge in [-0.05, 0) is 41.0 Å². The molecule has 2 aromatic rings. The van der Waals surface area contributed by atoms with Crippen molar-refractivity contribution in [2.75, 3.05) is 0 Å². The quantitative estimate of drug-likeness (QED) is 0.456. The van der Waals surface area contributed by atoms with Gasteiger partial charge in [-0.2, -0.15) is 0 Å². The molecule has 1 heterocycles. The van der Waals surface area contributed by atoms with Crippen molar-refractivity contribution >= 4 is 5.78 Å². The number of hydrogen-bond acceptors (Lipinski definition) is 7. The summed E-state index contributed by atoms with van der Waals surface area (Å²) in [5.74, 6) is -2.27. The van der Waals surface area contributed by atoms with Gasteiger partial charge in [-0.1, -0.05) is 11.6 Å². The molecule has 0 amide bonds. The fourth-order valence-electron chi connectivity index (χ4n) is 2.92. The molecule has 0 bridgehead atoms. The Morgan fingerprint density at radius 2 is 1.46 bits per heavy atom. The second kappa shape index (κ2) is 7.80. The summed E-state index contributed by atoms with van der Waals surface area (Å²) in [6, 6.07) is 0. The fraction of sp³-hybridized carbons (Fsp3) is 0.333. The molecule has 0 radical (unpaired) electrons. The molecule has 7 heteroatoms. The van der Waals surface area contributed by atoms with Gasteiger partial charge in [-0.25, -0.2) is 4.79 Å². The first-order chi connectivity index (χ1) is 13.0. The monoisotopic (exact) mass is 388 g/mol. The number of Topliss-reactive ketones (excluding diaryl/α,β-unsaturated/α-hetero) is 1. The third kappa shape index (κ3) is 3.74. The Bertz CT molecular complexity index is 1040. The van der Waals surface area contributed by atoms with E-state index in [1.54, 1.807) is 13.0 Å². The van der Waals surface area contributed by atoms with E-state index in [2.05, 4.69) is 0 Å². The molecule has 0 saturated heterocycles. The Labute approximate surface area is 162 Å². The van der Waals surface area contributed by atoms with Crippen LogP contribution in [0.15, 0.2) is 20.9 Å². The maximum atomic E-state index is 12.2. The van der Waals surface area contributed by atoms with Crippen LogP contribution < -0.4 is 5.63 Å². The van der Waals surface area contributed by atoms with Crippen LogP contribution in [0, 0.1) is 13.8 Å². The molecule has 1 aromatic carbocycles. The smallest absolute Gasteiger partial charge is 0.343 e. The molecule has 0 aliphatic heterocycles. The number of phenolic OH excluding ortho intramolecular Hbond substituents is 3. The van der Waals surface area contributed by atoms with Gasteiger partial charge in [-0.15, -0.1) is 0 Å². The highest BCUT2D eigenvalue weighted by Crippen LogP contribution is 2.44. The first-order valence-electron chi connectivity index (χ1n) is 8.72. The molecule has 0 unspecified atom stereocenters. The minimum absolute atomic E-state index is 0.0481. The van der Waals surface area contributed by atoms with Gasteiger partial charge in [0.1, 0.15) is 34.3 Å². The van der Waals surface area contributed by atoms with E-state index in [4.69, 9.17) is 4.42 Å². The van der Waals surface area contributed by atoms with Crippen molar-refractivity contribution in [3.63, 3.8) is 0 Å². The van der Waals surface area contributed by atoms with E-state index in [9.17, 15) is 30.0 Å². The summed E-state index contributed by atoms with van der Waals surface area (Å²) in [5, 5.41) is 41.9. The largest absolute Gasteiger partial charge is 0.507 e. The van der Waals surface area contributed by atoms with Crippen LogP contribution in [0.4, 0.5) is 0 Å². The predicted octanol–water partition coefficient (Wildman–Crippen LogP) is 3.38. The van der Waals surface area contributed by atoms with E-state index in [-0.39, 0.29) is 46.6 Å². The molecule has 0 aliphatic rings. The van der Waals surface area contributed by atoms with Crippen molar-refractivity contribution in [1.29, 1.82) is 0 Å². The highest BCUT2D eigenvalue weighted by atomic mass is 16.4. The number of aromatic hydroxyl groups is 4. The number of rotatable bonds is 5. The van der Waals surface area contributed by atoms with Gasteiger partial charge in [0.15, 0.2) is 5.78 Å². The Balaban J connectivity index is 2.78. The SMILES string of the molecule is CC(=O)c1c(O)c(CC=C(C)C)c(O)c(Cc2c(O)c(C)c(C)oc2=O)c1O. The van der Waals surface area contributed by atoms with Gasteiger partial charge in [0.05, 0.1) is 5.56 Å². The summed E-state index contributed by atoms with van der Waals surface area (Å²) < 4.78 is 5.08. The number of carbonyl (C=O) groups is 1. The van der Waals surface area contributed by atoms with Crippen LogP contribution in [0.5, 0.6) is 23.0 Å². The highest BCUT2D eigenvalue weighted by molar-refractivity contribution is 6.01. The fourth-order valence-corrected chi connectivity index (χ4v) is 2.92. The van der Waals surface area contributed by atoms with Gasteiger partial charge in [-0.3, -0.25) is 4.79 Å². The highest BCUT2D eigenvalue weighted by Gasteiger charge is 2.27. The molecule has 0 atom stereocenters. The Morgan fingerprint density at radius 1 is 0.893 bits per heavy atom. The number of phenols is 3. The molecule has 0 aliphatic carbocycles. The third-order valence-electron chi connectivity index (χ3n) is 4.70. The Hall–Kier alpha value is -3.22. The van der Waals surface area contributed by atoms with Gasteiger partial charge < -0.3 is 24.8 Å². The number of aryl methyl sites for hydroxylation is 1. The summed E-state index contributed by atoms with van der Waals surface area (Å²) in [7, 11) is 0. The zero-order valence-electron chi connectivity index (χ0n) is 16.5. The third-order valence-corrected chi connectivity index (χ3v) is 4.70. The molecular formula is C21H24O7. The van der Waals surface area contributed by atoms with Crippen LogP contribution in [-0.2, 0) is 12.8 Å². The lowest BCUT2D eigenvalue weighted by Gasteiger charge is -2.17. The minimum atomic E-state index is -0.817. The molecule has 1 aromatic heterocycles. The number of allylic oxidation sites excluding steroid dienone is 2. The zero-order chi connectivity index (χ0) is 21.3. The summed E-state index contributed by atoms with van der Waals surface area (Å²) in [4.78, 5) is 24.2. The van der Waals surface area contributed by atoms with Gasteiger partial charge >= 0.3 is 5.63 Å². The van der Waals surface area contributed by atoms with E-state index in [1.807, 2.05) is 13.8 Å². The average molecular weight is 388 g/mol. The summed E-state index contributed by atoms with van der Waals surface area (Å²) >= 11 is 0. The van der Waals surface area contributed by atoms with Crippen molar-refractivity contribution in [1.82, 2.24) is 0 Å². The first-order valence-corrected chi connectivity index (χ1v) is 8.72. The van der Waals surface area contributed by atoms with E-state index >= 15 is 0 Å². The molecule has 0 fully saturated rings. The lowest BCUT2D eigenvalue weighted by atomic mass is 9.92. The molecule has 4 N–H and O–H groups in total. The summed E-state index contributed by atoms with van der Waals surface area (Å²) in [5.41, 5.74) is -0.158. The Morgan fingerprint density at radius 3 is 2.00 bits per heavy atom. The lowest BCUT2D eigenvalue weighted by molar-refractivity contribution is 0.101. The first kappa shape index (κ1) is 21.1. The van der Waals surface area contributed by atoms with Gasteiger partial charge in [0.2, 0.25) is 0 Å². The van der Waals surface area contributed by atoms with Gasteiger partial charge in [0.25, 0.3) is 0 Å². The zero-order valence-corrected chi connectivity index (χ0v) is 16.5. The standard InChI is InChI=1S/C21H24O7/c1-9(2)6-7-13-18(24)14(20(26)16(11(4)22)19(13)25)8-15-17(23)10(3)12(5)28-21(15)27/h6,23-26H,7-8H2,1-5H3. The van der Waals surface area contributed by atoms with E-state index in [0.717, 1.165) is 5.57 Å². The summed E-state index contributed by atoms with van der Waals surface area (Å²) in [6.07, 6.45) is 1.47. The van der Waals surface area contributed by atoms with E-state index < -0.39 is 28.7 Å². The van der Waals surface area contributed by atoms with E-state index in [0.29, 0.717) is 5.56 Å². The molecule has 7 nitrogen and oxygen atoms in total. The maximum absolute atomic E-state index is 12.2.